The number of fused-ring (bicyclic) bond motifs is 1. The molecule has 1 aromatic carbocycles. The number of halogens is 1. The van der Waals surface area contributed by atoms with Crippen LogP contribution in [0.1, 0.15) is 31.2 Å². The third kappa shape index (κ3) is 1.90. The lowest BCUT2D eigenvalue weighted by Gasteiger charge is -2.38. The fourth-order valence-corrected chi connectivity index (χ4v) is 2.66. The summed E-state index contributed by atoms with van der Waals surface area (Å²) in [5.41, 5.74) is -0.466. The predicted molar refractivity (Wildman–Crippen MR) is 65.7 cm³/mol. The largest absolute Gasteiger partial charge is 0.490 e. The number of hydrogen-bond donors (Lipinski definition) is 0. The molecule has 0 N–H and O–H groups in total. The topological polar surface area (TPSA) is 47.9 Å². The fraction of sp³-hybridized carbons (Fsp3) is 0.500. The van der Waals surface area contributed by atoms with Crippen LogP contribution in [0.3, 0.4) is 0 Å². The molecular weight excluding hydrogens is 249 g/mol. The zero-order valence-corrected chi connectivity index (χ0v) is 10.4. The highest BCUT2D eigenvalue weighted by molar-refractivity contribution is 5.53. The Hall–Kier alpha value is -1.87. The smallest absolute Gasteiger partial charge is 0.235 e. The highest BCUT2D eigenvalue weighted by Gasteiger charge is 2.44. The second-order valence-electron chi connectivity index (χ2n) is 4.89. The molecule has 0 amide bonds. The van der Waals surface area contributed by atoms with E-state index in [-0.39, 0.29) is 0 Å². The van der Waals surface area contributed by atoms with Crippen molar-refractivity contribution in [2.75, 3.05) is 13.2 Å². The van der Waals surface area contributed by atoms with Crippen molar-refractivity contribution in [2.45, 2.75) is 31.2 Å². The summed E-state index contributed by atoms with van der Waals surface area (Å²) < 4.78 is 25.4. The molecule has 1 saturated carbocycles. The molecule has 2 aliphatic rings. The fourth-order valence-electron chi connectivity index (χ4n) is 2.66. The van der Waals surface area contributed by atoms with Crippen molar-refractivity contribution in [3.05, 3.63) is 23.5 Å². The van der Waals surface area contributed by atoms with Gasteiger partial charge in [0.15, 0.2) is 11.5 Å². The van der Waals surface area contributed by atoms with Gasteiger partial charge in [-0.2, -0.15) is 4.99 Å². The second-order valence-corrected chi connectivity index (χ2v) is 4.89. The van der Waals surface area contributed by atoms with E-state index in [1.807, 2.05) is 0 Å². The highest BCUT2D eigenvalue weighted by Crippen LogP contribution is 2.51. The lowest BCUT2D eigenvalue weighted by atomic mass is 9.71. The van der Waals surface area contributed by atoms with Crippen molar-refractivity contribution in [1.82, 2.24) is 0 Å². The molecule has 1 aliphatic heterocycles. The number of ether oxygens (including phenoxy) is 2. The molecule has 4 nitrogen and oxygen atoms in total. The molecule has 1 fully saturated rings. The van der Waals surface area contributed by atoms with Crippen LogP contribution in [0.4, 0.5) is 4.39 Å². The summed E-state index contributed by atoms with van der Waals surface area (Å²) in [6.07, 6.45) is 4.51. The lowest BCUT2D eigenvalue weighted by Crippen LogP contribution is -2.33. The maximum absolute atomic E-state index is 14.2. The van der Waals surface area contributed by atoms with Crippen LogP contribution in [-0.4, -0.2) is 19.3 Å². The number of aliphatic imine (C=N–C) groups is 1. The van der Waals surface area contributed by atoms with E-state index < -0.39 is 11.4 Å². The van der Waals surface area contributed by atoms with Crippen LogP contribution in [-0.2, 0) is 10.3 Å². The number of carbonyl (C=O) groups excluding carboxylic acids is 1. The van der Waals surface area contributed by atoms with Crippen molar-refractivity contribution in [3.63, 3.8) is 0 Å². The van der Waals surface area contributed by atoms with Crippen LogP contribution in [0.25, 0.3) is 0 Å². The van der Waals surface area contributed by atoms with Gasteiger partial charge in [-0.25, -0.2) is 9.18 Å². The van der Waals surface area contributed by atoms with Crippen molar-refractivity contribution >= 4 is 6.08 Å². The molecule has 0 atom stereocenters. The molecule has 3 rings (SSSR count). The van der Waals surface area contributed by atoms with Gasteiger partial charge >= 0.3 is 0 Å². The Balaban J connectivity index is 2.16. The van der Waals surface area contributed by atoms with Crippen molar-refractivity contribution in [3.8, 4) is 11.5 Å². The Labute approximate surface area is 110 Å². The summed E-state index contributed by atoms with van der Waals surface area (Å²) in [7, 11) is 0. The van der Waals surface area contributed by atoms with Gasteiger partial charge in [0.05, 0.1) is 18.8 Å². The van der Waals surface area contributed by atoms with E-state index in [1.54, 1.807) is 12.1 Å². The average Bonchev–Trinajstić information content (AvgIpc) is 2.60. The van der Waals surface area contributed by atoms with E-state index >= 15 is 0 Å². The standard InChI is InChI=1S/C14H14FNO3/c15-10-3-4-11-13(19-8-2-7-18-11)12(10)14(16-9-17)5-1-6-14/h3-4H,1-2,5-8H2. The minimum atomic E-state index is -0.815. The Morgan fingerprint density at radius 1 is 1.21 bits per heavy atom. The summed E-state index contributed by atoms with van der Waals surface area (Å²) >= 11 is 0. The number of rotatable bonds is 2. The van der Waals surface area contributed by atoms with Crippen LogP contribution in [0.2, 0.25) is 0 Å². The minimum Gasteiger partial charge on any atom is -0.490 e. The molecule has 0 unspecified atom stereocenters. The van der Waals surface area contributed by atoms with Gasteiger partial charge < -0.3 is 9.47 Å². The summed E-state index contributed by atoms with van der Waals surface area (Å²) in [5, 5.41) is 0. The number of nitrogens with zero attached hydrogens (tertiary/aromatic N) is 1. The number of hydrogen-bond acceptors (Lipinski definition) is 4. The molecular formula is C14H14FNO3. The summed E-state index contributed by atoms with van der Waals surface area (Å²) in [5.74, 6) is 0.528. The Kier molecular flexibility index (Phi) is 2.99. The van der Waals surface area contributed by atoms with Crippen LogP contribution in [0, 0.1) is 5.82 Å². The first-order chi connectivity index (χ1) is 9.27. The maximum Gasteiger partial charge on any atom is 0.235 e. The van der Waals surface area contributed by atoms with Gasteiger partial charge in [0.1, 0.15) is 11.4 Å². The predicted octanol–water partition coefficient (Wildman–Crippen LogP) is 2.70. The Morgan fingerprint density at radius 2 is 2.00 bits per heavy atom. The lowest BCUT2D eigenvalue weighted by molar-refractivity contribution is 0.230. The van der Waals surface area contributed by atoms with Crippen LogP contribution >= 0.6 is 0 Å². The quantitative estimate of drug-likeness (QED) is 0.609. The van der Waals surface area contributed by atoms with Crippen LogP contribution in [0.15, 0.2) is 17.1 Å². The maximum atomic E-state index is 14.2. The van der Waals surface area contributed by atoms with Gasteiger partial charge in [-0.1, -0.05) is 0 Å². The molecule has 0 spiro atoms. The molecule has 0 aromatic heterocycles. The zero-order valence-electron chi connectivity index (χ0n) is 10.4. The molecule has 0 bridgehead atoms. The van der Waals surface area contributed by atoms with E-state index in [4.69, 9.17) is 9.47 Å². The number of benzene rings is 1. The van der Waals surface area contributed by atoms with E-state index in [2.05, 4.69) is 4.99 Å². The number of isocyanates is 1. The monoisotopic (exact) mass is 263 g/mol. The molecule has 19 heavy (non-hydrogen) atoms. The molecule has 1 aromatic rings. The average molecular weight is 263 g/mol. The first kappa shape index (κ1) is 12.2. The summed E-state index contributed by atoms with van der Waals surface area (Å²) in [6.45, 7) is 1.02. The van der Waals surface area contributed by atoms with E-state index in [0.717, 1.165) is 12.8 Å². The third-order valence-electron chi connectivity index (χ3n) is 3.77. The third-order valence-corrected chi connectivity index (χ3v) is 3.77. The van der Waals surface area contributed by atoms with Gasteiger partial charge in [-0.15, -0.1) is 0 Å². The van der Waals surface area contributed by atoms with Crippen molar-refractivity contribution in [1.29, 1.82) is 0 Å². The highest BCUT2D eigenvalue weighted by atomic mass is 19.1. The van der Waals surface area contributed by atoms with E-state index in [9.17, 15) is 9.18 Å². The van der Waals surface area contributed by atoms with E-state index in [0.29, 0.717) is 43.1 Å². The van der Waals surface area contributed by atoms with Gasteiger partial charge in [-0.3, -0.25) is 0 Å². The second kappa shape index (κ2) is 4.67. The molecule has 0 radical (unpaired) electrons. The SMILES string of the molecule is O=C=NC1(c2c(F)ccc3c2OCCCO3)CCC1. The van der Waals surface area contributed by atoms with Crippen molar-refractivity contribution < 1.29 is 18.7 Å². The summed E-state index contributed by atoms with van der Waals surface area (Å²) in [6, 6.07) is 2.92. The normalized spacial score (nSPS) is 19.8. The Bertz CT molecular complexity index is 548. The van der Waals surface area contributed by atoms with Gasteiger partial charge in [0, 0.05) is 6.42 Å². The molecule has 0 saturated heterocycles. The summed E-state index contributed by atoms with van der Waals surface area (Å²) in [4.78, 5) is 14.5. The van der Waals surface area contributed by atoms with Crippen molar-refractivity contribution in [2.24, 2.45) is 4.99 Å². The van der Waals surface area contributed by atoms with Crippen LogP contribution < -0.4 is 9.47 Å². The van der Waals surface area contributed by atoms with Gasteiger partial charge in [0.25, 0.3) is 0 Å². The molecule has 1 aliphatic carbocycles. The van der Waals surface area contributed by atoms with E-state index in [1.165, 1.54) is 6.07 Å². The molecule has 100 valence electrons. The first-order valence-electron chi connectivity index (χ1n) is 6.44. The minimum absolute atomic E-state index is 0.349. The molecule has 5 heteroatoms. The first-order valence-corrected chi connectivity index (χ1v) is 6.44. The zero-order chi connectivity index (χ0) is 13.3. The Morgan fingerprint density at radius 3 is 2.68 bits per heavy atom. The molecule has 1 heterocycles. The van der Waals surface area contributed by atoms with Crippen LogP contribution in [0.5, 0.6) is 11.5 Å². The van der Waals surface area contributed by atoms with Gasteiger partial charge in [-0.05, 0) is 31.4 Å². The van der Waals surface area contributed by atoms with Gasteiger partial charge in [0.2, 0.25) is 6.08 Å².